The highest BCUT2D eigenvalue weighted by molar-refractivity contribution is 5.77. The molecule has 92 valence electrons. The van der Waals surface area contributed by atoms with Crippen LogP contribution in [0.25, 0.3) is 11.3 Å². The fourth-order valence-electron chi connectivity index (χ4n) is 1.61. The summed E-state index contributed by atoms with van der Waals surface area (Å²) in [5.74, 6) is 0.663. The Balaban J connectivity index is 2.54. The van der Waals surface area contributed by atoms with Crippen LogP contribution in [0.15, 0.2) is 35.1 Å². The Labute approximate surface area is 103 Å². The minimum absolute atomic E-state index is 0.0475. The average molecular weight is 244 g/mol. The molecule has 18 heavy (non-hydrogen) atoms. The number of H-pyrrole nitrogens is 1. The van der Waals surface area contributed by atoms with E-state index in [1.165, 1.54) is 6.07 Å². The molecule has 5 heteroatoms. The van der Waals surface area contributed by atoms with Gasteiger partial charge in [0.15, 0.2) is 6.29 Å². The summed E-state index contributed by atoms with van der Waals surface area (Å²) in [6.45, 7) is 2.41. The van der Waals surface area contributed by atoms with E-state index in [2.05, 4.69) is 10.2 Å². The molecule has 0 bridgehead atoms. The molecule has 2 aromatic rings. The lowest BCUT2D eigenvalue weighted by atomic mass is 10.1. The average Bonchev–Trinajstić information content (AvgIpc) is 2.40. The number of hydrogen-bond donors (Lipinski definition) is 1. The number of para-hydroxylation sites is 1. The van der Waals surface area contributed by atoms with Crippen molar-refractivity contribution in [2.24, 2.45) is 0 Å². The molecule has 0 spiro atoms. The number of carbonyl (C=O) groups is 1. The van der Waals surface area contributed by atoms with Crippen molar-refractivity contribution in [1.82, 2.24) is 10.2 Å². The van der Waals surface area contributed by atoms with E-state index in [0.29, 0.717) is 24.3 Å². The SMILES string of the molecule is CCOc1ccccc1-c1cc(C=O)c(=O)[nH]n1. The van der Waals surface area contributed by atoms with Crippen LogP contribution in [-0.4, -0.2) is 23.1 Å². The van der Waals surface area contributed by atoms with Crippen LogP contribution in [0.2, 0.25) is 0 Å². The molecule has 0 aliphatic carbocycles. The van der Waals surface area contributed by atoms with Crippen molar-refractivity contribution in [3.63, 3.8) is 0 Å². The molecule has 0 amide bonds. The number of aromatic nitrogens is 2. The maximum absolute atomic E-state index is 11.3. The molecule has 2 rings (SSSR count). The van der Waals surface area contributed by atoms with Gasteiger partial charge < -0.3 is 4.74 Å². The Morgan fingerprint density at radius 3 is 2.89 bits per heavy atom. The third kappa shape index (κ3) is 2.29. The zero-order valence-electron chi connectivity index (χ0n) is 9.84. The Morgan fingerprint density at radius 2 is 2.17 bits per heavy atom. The molecular weight excluding hydrogens is 232 g/mol. The minimum Gasteiger partial charge on any atom is -0.493 e. The van der Waals surface area contributed by atoms with Crippen LogP contribution in [0.1, 0.15) is 17.3 Å². The molecular formula is C13H12N2O3. The molecule has 1 heterocycles. The largest absolute Gasteiger partial charge is 0.493 e. The van der Waals surface area contributed by atoms with Gasteiger partial charge in [-0.1, -0.05) is 12.1 Å². The van der Waals surface area contributed by atoms with Gasteiger partial charge in [-0.3, -0.25) is 9.59 Å². The zero-order valence-corrected chi connectivity index (χ0v) is 9.84. The fourth-order valence-corrected chi connectivity index (χ4v) is 1.61. The lowest BCUT2D eigenvalue weighted by Crippen LogP contribution is -2.13. The van der Waals surface area contributed by atoms with Crippen molar-refractivity contribution in [3.05, 3.63) is 46.2 Å². The van der Waals surface area contributed by atoms with E-state index >= 15 is 0 Å². The van der Waals surface area contributed by atoms with Crippen LogP contribution in [0, 0.1) is 0 Å². The van der Waals surface area contributed by atoms with Crippen molar-refractivity contribution in [2.75, 3.05) is 6.61 Å². The van der Waals surface area contributed by atoms with Crippen LogP contribution in [0.3, 0.4) is 0 Å². The van der Waals surface area contributed by atoms with Gasteiger partial charge in [0.05, 0.1) is 17.9 Å². The fraction of sp³-hybridized carbons (Fsp3) is 0.154. The lowest BCUT2D eigenvalue weighted by molar-refractivity contribution is 0.112. The molecule has 5 nitrogen and oxygen atoms in total. The highest BCUT2D eigenvalue weighted by Crippen LogP contribution is 2.27. The smallest absolute Gasteiger partial charge is 0.274 e. The van der Waals surface area contributed by atoms with E-state index in [1.54, 1.807) is 0 Å². The second-order valence-corrected chi connectivity index (χ2v) is 3.58. The first-order valence-electron chi connectivity index (χ1n) is 5.53. The van der Waals surface area contributed by atoms with Crippen LogP contribution in [0.4, 0.5) is 0 Å². The monoisotopic (exact) mass is 244 g/mol. The number of rotatable bonds is 4. The first-order chi connectivity index (χ1) is 8.76. The lowest BCUT2D eigenvalue weighted by Gasteiger charge is -2.08. The summed E-state index contributed by atoms with van der Waals surface area (Å²) < 4.78 is 5.47. The van der Waals surface area contributed by atoms with Gasteiger partial charge in [0.2, 0.25) is 0 Å². The van der Waals surface area contributed by atoms with Gasteiger partial charge >= 0.3 is 0 Å². The number of aldehydes is 1. The summed E-state index contributed by atoms with van der Waals surface area (Å²) in [6.07, 6.45) is 0.507. The van der Waals surface area contributed by atoms with Gasteiger partial charge in [-0.2, -0.15) is 5.10 Å². The topological polar surface area (TPSA) is 72.1 Å². The number of ether oxygens (including phenoxy) is 1. The molecule has 1 aromatic carbocycles. The molecule has 0 unspecified atom stereocenters. The highest BCUT2D eigenvalue weighted by Gasteiger charge is 2.09. The van der Waals surface area contributed by atoms with Crippen LogP contribution < -0.4 is 10.3 Å². The van der Waals surface area contributed by atoms with Gasteiger partial charge in [0, 0.05) is 5.56 Å². The van der Waals surface area contributed by atoms with Crippen molar-refractivity contribution in [3.8, 4) is 17.0 Å². The van der Waals surface area contributed by atoms with Crippen LogP contribution in [0.5, 0.6) is 5.75 Å². The van der Waals surface area contributed by atoms with E-state index in [1.807, 2.05) is 31.2 Å². The molecule has 0 saturated carbocycles. The third-order valence-corrected chi connectivity index (χ3v) is 2.42. The normalized spacial score (nSPS) is 10.1. The maximum atomic E-state index is 11.3. The second-order valence-electron chi connectivity index (χ2n) is 3.58. The molecule has 1 aromatic heterocycles. The summed E-state index contributed by atoms with van der Waals surface area (Å²) in [5, 5.41) is 6.22. The quantitative estimate of drug-likeness (QED) is 0.830. The molecule has 0 fully saturated rings. The summed E-state index contributed by atoms with van der Waals surface area (Å²) in [6, 6.07) is 8.77. The van der Waals surface area contributed by atoms with Gasteiger partial charge in [-0.25, -0.2) is 5.10 Å². The Kier molecular flexibility index (Phi) is 3.52. The molecule has 0 aliphatic heterocycles. The summed E-state index contributed by atoms with van der Waals surface area (Å²) in [4.78, 5) is 22.0. The predicted octanol–water partition coefficient (Wildman–Crippen LogP) is 1.65. The molecule has 0 radical (unpaired) electrons. The van der Waals surface area contributed by atoms with Gasteiger partial charge in [-0.05, 0) is 25.1 Å². The van der Waals surface area contributed by atoms with E-state index < -0.39 is 5.56 Å². The highest BCUT2D eigenvalue weighted by atomic mass is 16.5. The standard InChI is InChI=1S/C13H12N2O3/c1-2-18-12-6-4-3-5-10(12)11-7-9(8-16)13(17)15-14-11/h3-8H,2H2,1H3,(H,15,17). The molecule has 0 atom stereocenters. The first-order valence-corrected chi connectivity index (χ1v) is 5.53. The maximum Gasteiger partial charge on any atom is 0.274 e. The number of nitrogens with one attached hydrogen (secondary N) is 1. The summed E-state index contributed by atoms with van der Waals surface area (Å²) in [5.41, 5.74) is 0.786. The van der Waals surface area contributed by atoms with Crippen molar-refractivity contribution in [2.45, 2.75) is 6.92 Å². The van der Waals surface area contributed by atoms with Crippen molar-refractivity contribution in [1.29, 1.82) is 0 Å². The minimum atomic E-state index is -0.498. The second kappa shape index (κ2) is 5.27. The zero-order chi connectivity index (χ0) is 13.0. The summed E-state index contributed by atoms with van der Waals surface area (Å²) >= 11 is 0. The van der Waals surface area contributed by atoms with E-state index in [0.717, 1.165) is 5.56 Å². The van der Waals surface area contributed by atoms with E-state index in [9.17, 15) is 9.59 Å². The van der Waals surface area contributed by atoms with Gasteiger partial charge in [0.1, 0.15) is 5.75 Å². The summed E-state index contributed by atoms with van der Waals surface area (Å²) in [7, 11) is 0. The molecule has 1 N–H and O–H groups in total. The van der Waals surface area contributed by atoms with Crippen LogP contribution >= 0.6 is 0 Å². The number of benzene rings is 1. The van der Waals surface area contributed by atoms with Gasteiger partial charge in [-0.15, -0.1) is 0 Å². The van der Waals surface area contributed by atoms with Crippen molar-refractivity contribution >= 4 is 6.29 Å². The third-order valence-electron chi connectivity index (χ3n) is 2.42. The van der Waals surface area contributed by atoms with E-state index in [4.69, 9.17) is 4.74 Å². The number of aromatic amines is 1. The number of carbonyl (C=O) groups excluding carboxylic acids is 1. The first kappa shape index (κ1) is 12.0. The number of nitrogens with zero attached hydrogens (tertiary/aromatic N) is 1. The molecule has 0 aliphatic rings. The Bertz CT molecular complexity index is 620. The van der Waals surface area contributed by atoms with Crippen molar-refractivity contribution < 1.29 is 9.53 Å². The Hall–Kier alpha value is -2.43. The Morgan fingerprint density at radius 1 is 1.39 bits per heavy atom. The molecule has 0 saturated heterocycles. The van der Waals surface area contributed by atoms with E-state index in [-0.39, 0.29) is 5.56 Å². The van der Waals surface area contributed by atoms with Gasteiger partial charge in [0.25, 0.3) is 5.56 Å². The number of hydrogen-bond acceptors (Lipinski definition) is 4. The predicted molar refractivity (Wildman–Crippen MR) is 66.9 cm³/mol. The van der Waals surface area contributed by atoms with Crippen LogP contribution in [-0.2, 0) is 0 Å².